The summed E-state index contributed by atoms with van der Waals surface area (Å²) in [6.45, 7) is 7.26. The molecule has 0 aromatic heterocycles. The Morgan fingerprint density at radius 2 is 1.54 bits per heavy atom. The van der Waals surface area contributed by atoms with Gasteiger partial charge in [-0.15, -0.1) is 0 Å². The summed E-state index contributed by atoms with van der Waals surface area (Å²) in [7, 11) is 0. The van der Waals surface area contributed by atoms with Crippen LogP contribution in [0.25, 0.3) is 0 Å². The molecule has 0 bridgehead atoms. The molecule has 0 aromatic carbocycles. The fourth-order valence-corrected chi connectivity index (χ4v) is 2.22. The second-order valence-electron chi connectivity index (χ2n) is 5.60. The maximum absolute atomic E-state index is 12.1. The lowest BCUT2D eigenvalue weighted by Gasteiger charge is -2.23. The van der Waals surface area contributed by atoms with Crippen molar-refractivity contribution in [2.45, 2.75) is 52.4 Å². The Kier molecular flexibility index (Phi) is 11.4. The number of imide groups is 1. The predicted octanol–water partition coefficient (Wildman–Crippen LogP) is -1.48. The number of hydrogen-bond acceptors (Lipinski definition) is 7. The van der Waals surface area contributed by atoms with Crippen LogP contribution in [-0.4, -0.2) is 59.7 Å². The lowest BCUT2D eigenvalue weighted by Crippen LogP contribution is -2.42. The van der Waals surface area contributed by atoms with Gasteiger partial charge in [0.25, 0.3) is 0 Å². The molecule has 0 N–H and O–H groups in total. The number of likely N-dealkylation sites (tertiary alicyclic amines) is 1. The molecular formula is C16H26N2O6-2. The number of nitrogens with zero attached hydrogens (tertiary/aromatic N) is 2. The summed E-state index contributed by atoms with van der Waals surface area (Å²) in [4.78, 5) is 45.1. The summed E-state index contributed by atoms with van der Waals surface area (Å²) < 4.78 is 0. The third-order valence-corrected chi connectivity index (χ3v) is 3.56. The Morgan fingerprint density at radius 3 is 1.88 bits per heavy atom. The van der Waals surface area contributed by atoms with Crippen molar-refractivity contribution in [3.05, 3.63) is 0 Å². The smallest absolute Gasteiger partial charge is 0.243 e. The maximum Gasteiger partial charge on any atom is 0.243 e. The van der Waals surface area contributed by atoms with Gasteiger partial charge in [0, 0.05) is 13.0 Å². The first-order valence-corrected chi connectivity index (χ1v) is 8.31. The number of aliphatic carboxylic acids is 2. The summed E-state index contributed by atoms with van der Waals surface area (Å²) in [5.74, 6) is -4.37. The van der Waals surface area contributed by atoms with Crippen molar-refractivity contribution in [3.8, 4) is 0 Å². The SMILES string of the molecule is CCCCN(CCCC)CC(=O)N1CCCC1=O.O=C([O-])C(=O)[O-]. The second kappa shape index (κ2) is 12.5. The van der Waals surface area contributed by atoms with Gasteiger partial charge in [-0.1, -0.05) is 26.7 Å². The van der Waals surface area contributed by atoms with Crippen LogP contribution in [0.3, 0.4) is 0 Å². The lowest BCUT2D eigenvalue weighted by atomic mass is 10.2. The Hall–Kier alpha value is -1.96. The largest absolute Gasteiger partial charge is 0.543 e. The quantitative estimate of drug-likeness (QED) is 0.493. The third-order valence-electron chi connectivity index (χ3n) is 3.56. The molecule has 1 heterocycles. The van der Waals surface area contributed by atoms with E-state index in [1.54, 1.807) is 0 Å². The molecular weight excluding hydrogens is 316 g/mol. The van der Waals surface area contributed by atoms with E-state index >= 15 is 0 Å². The highest BCUT2D eigenvalue weighted by Gasteiger charge is 2.27. The van der Waals surface area contributed by atoms with E-state index in [1.807, 2.05) is 0 Å². The fraction of sp³-hybridized carbons (Fsp3) is 0.750. The number of rotatable bonds is 8. The molecule has 0 spiro atoms. The highest BCUT2D eigenvalue weighted by molar-refractivity contribution is 6.25. The monoisotopic (exact) mass is 342 g/mol. The van der Waals surface area contributed by atoms with Gasteiger partial charge in [-0.2, -0.15) is 0 Å². The first-order chi connectivity index (χ1) is 11.3. The average Bonchev–Trinajstić information content (AvgIpc) is 2.96. The molecule has 1 fully saturated rings. The zero-order valence-corrected chi connectivity index (χ0v) is 14.4. The molecule has 0 atom stereocenters. The van der Waals surface area contributed by atoms with E-state index in [0.29, 0.717) is 19.5 Å². The zero-order chi connectivity index (χ0) is 18.5. The lowest BCUT2D eigenvalue weighted by molar-refractivity contribution is -0.345. The second-order valence-corrected chi connectivity index (χ2v) is 5.60. The first-order valence-electron chi connectivity index (χ1n) is 8.31. The number of carbonyl (C=O) groups excluding carboxylic acids is 4. The zero-order valence-electron chi connectivity index (χ0n) is 14.4. The molecule has 138 valence electrons. The topological polar surface area (TPSA) is 121 Å². The molecule has 0 radical (unpaired) electrons. The van der Waals surface area contributed by atoms with E-state index in [4.69, 9.17) is 19.8 Å². The Balaban J connectivity index is 0.000000754. The van der Waals surface area contributed by atoms with Crippen LogP contribution < -0.4 is 10.2 Å². The van der Waals surface area contributed by atoms with E-state index < -0.39 is 11.9 Å². The predicted molar refractivity (Wildman–Crippen MR) is 82.2 cm³/mol. The van der Waals surface area contributed by atoms with Gasteiger partial charge >= 0.3 is 0 Å². The van der Waals surface area contributed by atoms with E-state index in [0.717, 1.165) is 45.2 Å². The van der Waals surface area contributed by atoms with Crippen LogP contribution in [0.2, 0.25) is 0 Å². The maximum atomic E-state index is 12.1. The molecule has 0 aromatic rings. The van der Waals surface area contributed by atoms with Crippen LogP contribution in [-0.2, 0) is 19.2 Å². The number of unbranched alkanes of at least 4 members (excludes halogenated alkanes) is 2. The summed E-state index contributed by atoms with van der Waals surface area (Å²) in [6.07, 6.45) is 5.87. The van der Waals surface area contributed by atoms with Gasteiger partial charge in [0.2, 0.25) is 11.8 Å². The number of carboxylic acid groups (broad SMARTS) is 2. The van der Waals surface area contributed by atoms with Gasteiger partial charge in [0.15, 0.2) is 0 Å². The van der Waals surface area contributed by atoms with Gasteiger partial charge in [0.05, 0.1) is 18.5 Å². The van der Waals surface area contributed by atoms with Crippen LogP contribution in [0.15, 0.2) is 0 Å². The van der Waals surface area contributed by atoms with E-state index in [2.05, 4.69) is 18.7 Å². The van der Waals surface area contributed by atoms with Crippen molar-refractivity contribution in [2.75, 3.05) is 26.2 Å². The van der Waals surface area contributed by atoms with Crippen molar-refractivity contribution < 1.29 is 29.4 Å². The minimum atomic E-state index is -2.19. The van der Waals surface area contributed by atoms with E-state index in [-0.39, 0.29) is 11.8 Å². The Labute approximate surface area is 142 Å². The average molecular weight is 342 g/mol. The molecule has 0 aliphatic carbocycles. The van der Waals surface area contributed by atoms with Gasteiger partial charge in [-0.25, -0.2) is 0 Å². The summed E-state index contributed by atoms with van der Waals surface area (Å²) in [5, 5.41) is 17.9. The highest BCUT2D eigenvalue weighted by Crippen LogP contribution is 2.10. The van der Waals surface area contributed by atoms with E-state index in [1.165, 1.54) is 4.90 Å². The molecule has 0 unspecified atom stereocenters. The Morgan fingerprint density at radius 1 is 1.04 bits per heavy atom. The number of hydrogen-bond donors (Lipinski definition) is 0. The van der Waals surface area contributed by atoms with Crippen molar-refractivity contribution in [3.63, 3.8) is 0 Å². The highest BCUT2D eigenvalue weighted by atomic mass is 16.4. The van der Waals surface area contributed by atoms with Crippen LogP contribution in [0.1, 0.15) is 52.4 Å². The van der Waals surface area contributed by atoms with Crippen molar-refractivity contribution in [1.82, 2.24) is 9.80 Å². The molecule has 0 saturated carbocycles. The minimum Gasteiger partial charge on any atom is -0.543 e. The minimum absolute atomic E-state index is 0.00549. The molecule has 8 nitrogen and oxygen atoms in total. The van der Waals surface area contributed by atoms with Crippen molar-refractivity contribution in [1.29, 1.82) is 0 Å². The summed E-state index contributed by atoms with van der Waals surface area (Å²) >= 11 is 0. The normalized spacial score (nSPS) is 13.6. The number of amides is 2. The van der Waals surface area contributed by atoms with Crippen LogP contribution in [0.4, 0.5) is 0 Å². The first kappa shape index (κ1) is 22.0. The Bertz CT molecular complexity index is 418. The molecule has 24 heavy (non-hydrogen) atoms. The third kappa shape index (κ3) is 9.24. The van der Waals surface area contributed by atoms with Crippen molar-refractivity contribution >= 4 is 23.8 Å². The van der Waals surface area contributed by atoms with Gasteiger partial charge in [-0.05, 0) is 32.4 Å². The molecule has 2 amide bonds. The van der Waals surface area contributed by atoms with Gasteiger partial charge in [-0.3, -0.25) is 19.4 Å². The fourth-order valence-electron chi connectivity index (χ4n) is 2.22. The molecule has 1 saturated heterocycles. The number of carboxylic acids is 2. The van der Waals surface area contributed by atoms with Crippen LogP contribution in [0.5, 0.6) is 0 Å². The van der Waals surface area contributed by atoms with Crippen molar-refractivity contribution in [2.24, 2.45) is 0 Å². The van der Waals surface area contributed by atoms with Gasteiger partial charge < -0.3 is 19.8 Å². The molecule has 8 heteroatoms. The molecule has 1 aliphatic rings. The van der Waals surface area contributed by atoms with E-state index in [9.17, 15) is 9.59 Å². The van der Waals surface area contributed by atoms with Crippen LogP contribution >= 0.6 is 0 Å². The molecule has 1 aliphatic heterocycles. The summed E-state index contributed by atoms with van der Waals surface area (Å²) in [6, 6.07) is 0. The molecule has 1 rings (SSSR count). The summed E-state index contributed by atoms with van der Waals surface area (Å²) in [5.41, 5.74) is 0. The standard InChI is InChI=1S/C14H26N2O2.C2H2O4/c1-3-5-9-15(10-6-4-2)12-14(18)16-11-7-8-13(16)17;3-1(4)2(5)6/h3-12H2,1-2H3;(H,3,4)(H,5,6)/p-2. The number of carbonyl (C=O) groups is 4. The van der Waals surface area contributed by atoms with Gasteiger partial charge in [0.1, 0.15) is 0 Å². The van der Waals surface area contributed by atoms with Crippen LogP contribution in [0, 0.1) is 0 Å².